The number of aromatic nitrogens is 5. The maximum absolute atomic E-state index is 13.3. The van der Waals surface area contributed by atoms with Crippen LogP contribution in [0.5, 0.6) is 0 Å². The van der Waals surface area contributed by atoms with Gasteiger partial charge in [-0.3, -0.25) is 19.4 Å². The van der Waals surface area contributed by atoms with Crippen molar-refractivity contribution in [2.75, 3.05) is 26.2 Å². The van der Waals surface area contributed by atoms with Crippen LogP contribution in [0.15, 0.2) is 29.3 Å². The first kappa shape index (κ1) is 21.1. The van der Waals surface area contributed by atoms with Crippen molar-refractivity contribution in [2.45, 2.75) is 45.4 Å². The Morgan fingerprint density at radius 2 is 1.85 bits per heavy atom. The molecule has 2 amide bonds. The highest BCUT2D eigenvalue weighted by molar-refractivity contribution is 5.95. The van der Waals surface area contributed by atoms with E-state index in [0.717, 1.165) is 45.2 Å². The molecule has 1 unspecified atom stereocenters. The fraction of sp³-hybridized carbons (Fsp3) is 0.542. The minimum atomic E-state index is -0.266. The van der Waals surface area contributed by atoms with Crippen molar-refractivity contribution in [3.05, 3.63) is 46.1 Å². The molecule has 1 N–H and O–H groups in total. The first-order valence-electron chi connectivity index (χ1n) is 12.2. The molecule has 3 aromatic heterocycles. The molecule has 34 heavy (non-hydrogen) atoms. The standard InChI is InChI=1S/C24H29N7O3/c1-16-17(15-25-31(16)23-26-20(32)19-6-5-11-30(19)27-23)21(33)29-12-7-24(8-13-29)14-18(24)22(34)28-9-3-2-4-10-28/h5-6,11,15,18H,2-4,7-10,12-14H2,1H3,(H,26,27,32). The number of piperidine rings is 2. The summed E-state index contributed by atoms with van der Waals surface area (Å²) in [6.45, 7) is 4.91. The molecule has 2 aliphatic heterocycles. The summed E-state index contributed by atoms with van der Waals surface area (Å²) in [4.78, 5) is 45.2. The van der Waals surface area contributed by atoms with E-state index >= 15 is 0 Å². The number of hydrogen-bond acceptors (Lipinski definition) is 5. The predicted molar refractivity (Wildman–Crippen MR) is 124 cm³/mol. The molecule has 6 rings (SSSR count). The Balaban J connectivity index is 1.14. The van der Waals surface area contributed by atoms with E-state index in [4.69, 9.17) is 0 Å². The van der Waals surface area contributed by atoms with Gasteiger partial charge in [-0.2, -0.15) is 5.10 Å². The molecule has 0 bridgehead atoms. The van der Waals surface area contributed by atoms with Crippen LogP contribution < -0.4 is 5.56 Å². The molecule has 10 nitrogen and oxygen atoms in total. The highest BCUT2D eigenvalue weighted by atomic mass is 16.2. The Bertz CT molecular complexity index is 1320. The number of carbonyl (C=O) groups excluding carboxylic acids is 2. The van der Waals surface area contributed by atoms with Crippen LogP contribution >= 0.6 is 0 Å². The van der Waals surface area contributed by atoms with Crippen molar-refractivity contribution < 1.29 is 9.59 Å². The highest BCUT2D eigenvalue weighted by Crippen LogP contribution is 2.60. The van der Waals surface area contributed by atoms with E-state index in [9.17, 15) is 14.4 Å². The van der Waals surface area contributed by atoms with Crippen LogP contribution in [0.2, 0.25) is 0 Å². The summed E-state index contributed by atoms with van der Waals surface area (Å²) in [6, 6.07) is 3.44. The molecule has 3 aromatic rings. The highest BCUT2D eigenvalue weighted by Gasteiger charge is 2.59. The molecule has 1 atom stereocenters. The zero-order valence-corrected chi connectivity index (χ0v) is 19.4. The first-order valence-corrected chi connectivity index (χ1v) is 12.2. The van der Waals surface area contributed by atoms with Crippen LogP contribution in [0.25, 0.3) is 11.5 Å². The van der Waals surface area contributed by atoms with Gasteiger partial charge in [0.15, 0.2) is 0 Å². The lowest BCUT2D eigenvalue weighted by atomic mass is 9.90. The van der Waals surface area contributed by atoms with Gasteiger partial charge in [-0.15, -0.1) is 5.10 Å². The quantitative estimate of drug-likeness (QED) is 0.637. The second-order valence-corrected chi connectivity index (χ2v) is 9.97. The summed E-state index contributed by atoms with van der Waals surface area (Å²) in [5, 5.41) is 8.74. The van der Waals surface area contributed by atoms with Gasteiger partial charge < -0.3 is 9.80 Å². The zero-order chi connectivity index (χ0) is 23.4. The van der Waals surface area contributed by atoms with E-state index in [2.05, 4.69) is 20.1 Å². The van der Waals surface area contributed by atoms with Crippen molar-refractivity contribution in [3.63, 3.8) is 0 Å². The number of rotatable bonds is 3. The number of aromatic amines is 1. The minimum Gasteiger partial charge on any atom is -0.342 e. The molecule has 1 spiro atoms. The topological polar surface area (TPSA) is 109 Å². The molecular formula is C24H29N7O3. The molecule has 0 radical (unpaired) electrons. The van der Waals surface area contributed by atoms with E-state index < -0.39 is 0 Å². The molecule has 1 saturated carbocycles. The van der Waals surface area contributed by atoms with E-state index in [1.807, 2.05) is 4.90 Å². The van der Waals surface area contributed by atoms with Crippen molar-refractivity contribution in [2.24, 2.45) is 11.3 Å². The van der Waals surface area contributed by atoms with Crippen molar-refractivity contribution in [1.82, 2.24) is 34.2 Å². The Morgan fingerprint density at radius 3 is 2.62 bits per heavy atom. The third kappa shape index (κ3) is 3.35. The third-order valence-corrected chi connectivity index (χ3v) is 8.03. The van der Waals surface area contributed by atoms with Crippen LogP contribution in [0.3, 0.4) is 0 Å². The summed E-state index contributed by atoms with van der Waals surface area (Å²) < 4.78 is 2.99. The molecule has 1 aliphatic carbocycles. The lowest BCUT2D eigenvalue weighted by molar-refractivity contribution is -0.134. The van der Waals surface area contributed by atoms with Crippen LogP contribution in [0.1, 0.15) is 54.6 Å². The average molecular weight is 464 g/mol. The van der Waals surface area contributed by atoms with Crippen molar-refractivity contribution in [3.8, 4) is 5.95 Å². The Morgan fingerprint density at radius 1 is 1.09 bits per heavy atom. The normalized spacial score (nSPS) is 21.9. The van der Waals surface area contributed by atoms with Gasteiger partial charge in [-0.25, -0.2) is 9.20 Å². The first-order chi connectivity index (χ1) is 16.5. The van der Waals surface area contributed by atoms with E-state index in [0.29, 0.717) is 35.8 Å². The predicted octanol–water partition coefficient (Wildman–Crippen LogP) is 1.77. The summed E-state index contributed by atoms with van der Waals surface area (Å²) in [5.74, 6) is 0.666. The van der Waals surface area contributed by atoms with Crippen LogP contribution in [-0.2, 0) is 4.79 Å². The van der Waals surface area contributed by atoms with Crippen molar-refractivity contribution in [1.29, 1.82) is 0 Å². The number of carbonyl (C=O) groups is 2. The van der Waals surface area contributed by atoms with E-state index in [-0.39, 0.29) is 28.7 Å². The fourth-order valence-corrected chi connectivity index (χ4v) is 5.77. The minimum absolute atomic E-state index is 0.0671. The summed E-state index contributed by atoms with van der Waals surface area (Å²) in [6.07, 6.45) is 9.39. The average Bonchev–Trinajstić information content (AvgIpc) is 3.17. The molecule has 3 fully saturated rings. The monoisotopic (exact) mass is 463 g/mol. The molecular weight excluding hydrogens is 434 g/mol. The number of H-pyrrole nitrogens is 1. The number of amides is 2. The maximum atomic E-state index is 13.3. The molecule has 2 saturated heterocycles. The third-order valence-electron chi connectivity index (χ3n) is 8.03. The number of nitrogens with one attached hydrogen (secondary N) is 1. The van der Waals surface area contributed by atoms with Gasteiger partial charge in [0.05, 0.1) is 17.5 Å². The number of nitrogens with zero attached hydrogens (tertiary/aromatic N) is 6. The molecule has 10 heteroatoms. The van der Waals surface area contributed by atoms with Crippen LogP contribution in [0, 0.1) is 18.3 Å². The van der Waals surface area contributed by atoms with Gasteiger partial charge in [-0.05, 0) is 63.0 Å². The van der Waals surface area contributed by atoms with Crippen LogP contribution in [-0.4, -0.2) is 72.2 Å². The van der Waals surface area contributed by atoms with Gasteiger partial charge in [0, 0.05) is 38.3 Å². The largest absolute Gasteiger partial charge is 0.342 e. The molecule has 0 aromatic carbocycles. The summed E-state index contributed by atoms with van der Waals surface area (Å²) >= 11 is 0. The van der Waals surface area contributed by atoms with Gasteiger partial charge >= 0.3 is 0 Å². The Labute approximate surface area is 196 Å². The SMILES string of the molecule is Cc1c(C(=O)N2CCC3(CC2)CC3C(=O)N2CCCCC2)cnn1-c1nn2cccc2c(=O)[nH]1. The van der Waals surface area contributed by atoms with E-state index in [1.165, 1.54) is 15.6 Å². The van der Waals surface area contributed by atoms with Gasteiger partial charge in [0.2, 0.25) is 11.9 Å². The number of hydrogen-bond donors (Lipinski definition) is 1. The zero-order valence-electron chi connectivity index (χ0n) is 19.4. The van der Waals surface area contributed by atoms with Gasteiger partial charge in [0.1, 0.15) is 5.52 Å². The lowest BCUT2D eigenvalue weighted by Gasteiger charge is -2.34. The van der Waals surface area contributed by atoms with E-state index in [1.54, 1.807) is 31.5 Å². The van der Waals surface area contributed by atoms with Gasteiger partial charge in [-0.1, -0.05) is 0 Å². The number of likely N-dealkylation sites (tertiary alicyclic amines) is 2. The summed E-state index contributed by atoms with van der Waals surface area (Å²) in [7, 11) is 0. The van der Waals surface area contributed by atoms with Gasteiger partial charge in [0.25, 0.3) is 11.5 Å². The lowest BCUT2D eigenvalue weighted by Crippen LogP contribution is -2.42. The van der Waals surface area contributed by atoms with Crippen LogP contribution in [0.4, 0.5) is 0 Å². The molecule has 3 aliphatic rings. The molecule has 178 valence electrons. The summed E-state index contributed by atoms with van der Waals surface area (Å²) in [5.41, 5.74) is 1.40. The second kappa shape index (κ2) is 7.82. The van der Waals surface area contributed by atoms with Crippen molar-refractivity contribution >= 4 is 17.3 Å². The second-order valence-electron chi connectivity index (χ2n) is 9.97. The fourth-order valence-electron chi connectivity index (χ4n) is 5.77. The number of fused-ring (bicyclic) bond motifs is 1. The Kier molecular flexibility index (Phi) is 4.86. The molecule has 5 heterocycles. The smallest absolute Gasteiger partial charge is 0.276 e. The Hall–Kier alpha value is -3.43. The maximum Gasteiger partial charge on any atom is 0.276 e.